The Kier molecular flexibility index (Phi) is 3.12. The Morgan fingerprint density at radius 1 is 0.826 bits per heavy atom. The van der Waals surface area contributed by atoms with Gasteiger partial charge in [0, 0.05) is 6.20 Å². The fourth-order valence-corrected chi connectivity index (χ4v) is 2.80. The summed E-state index contributed by atoms with van der Waals surface area (Å²) in [5.41, 5.74) is 3.29. The Balaban J connectivity index is 2.16. The molecule has 4 aromatic rings. The number of hydrogen-bond donors (Lipinski definition) is 0. The van der Waals surface area contributed by atoms with E-state index in [4.69, 9.17) is 0 Å². The molecular weight excluding hydrogens is 285 g/mol. The van der Waals surface area contributed by atoms with Gasteiger partial charge in [-0.05, 0) is 24.3 Å². The molecule has 0 aliphatic carbocycles. The average Bonchev–Trinajstić information content (AvgIpc) is 2.89. The molecule has 23 heavy (non-hydrogen) atoms. The minimum Gasteiger partial charge on any atom is -0.267 e. The van der Waals surface area contributed by atoms with E-state index in [1.807, 2.05) is 79.3 Å². The molecule has 0 spiro atoms. The summed E-state index contributed by atoms with van der Waals surface area (Å²) in [4.78, 5) is 17.5. The molecule has 5 heteroatoms. The lowest BCUT2D eigenvalue weighted by Crippen LogP contribution is -2.20. The third-order valence-electron chi connectivity index (χ3n) is 3.83. The second-order valence-corrected chi connectivity index (χ2v) is 5.48. The van der Waals surface area contributed by atoms with Gasteiger partial charge >= 0.3 is 0 Å². The highest BCUT2D eigenvalue weighted by atomic mass is 16.1. The summed E-state index contributed by atoms with van der Waals surface area (Å²) in [6.07, 6.45) is 1.79. The molecule has 0 atom stereocenters. The average molecular weight is 299 g/mol. The first-order valence-corrected chi connectivity index (χ1v) is 7.47. The number of fused-ring (bicyclic) bond motifs is 1. The van der Waals surface area contributed by atoms with E-state index in [-0.39, 0.29) is 5.56 Å². The topological polar surface area (TPSA) is 39.8 Å². The van der Waals surface area contributed by atoms with Crippen LogP contribution in [0.25, 0.3) is 22.4 Å². The lowest BCUT2D eigenvalue weighted by atomic mass is 9.98. The van der Waals surface area contributed by atoms with Crippen molar-refractivity contribution in [1.29, 1.82) is 0 Å². The molecule has 0 fully saturated rings. The first-order valence-electron chi connectivity index (χ1n) is 7.47. The van der Waals surface area contributed by atoms with Crippen LogP contribution in [-0.4, -0.2) is 22.2 Å². The van der Waals surface area contributed by atoms with Gasteiger partial charge in [-0.2, -0.15) is 0 Å². The molecular formula is C18H14BN3O. The molecule has 0 bridgehead atoms. The Labute approximate surface area is 134 Å². The number of nitrogens with zero attached hydrogens (tertiary/aromatic N) is 3. The number of benzene rings is 2. The lowest BCUT2D eigenvalue weighted by Gasteiger charge is -2.12. The molecule has 0 unspecified atom stereocenters. The number of para-hydroxylation sites is 2. The third-order valence-corrected chi connectivity index (χ3v) is 3.83. The molecule has 4 nitrogen and oxygen atoms in total. The Bertz CT molecular complexity index is 1040. The van der Waals surface area contributed by atoms with Crippen molar-refractivity contribution in [3.8, 4) is 11.4 Å². The summed E-state index contributed by atoms with van der Waals surface area (Å²) < 4.78 is 3.54. The van der Waals surface area contributed by atoms with Gasteiger partial charge in [-0.3, -0.25) is 4.79 Å². The van der Waals surface area contributed by atoms with Crippen LogP contribution in [-0.2, 0) is 0 Å². The van der Waals surface area contributed by atoms with Gasteiger partial charge < -0.3 is 0 Å². The maximum atomic E-state index is 13.0. The fourth-order valence-electron chi connectivity index (χ4n) is 2.80. The monoisotopic (exact) mass is 299 g/mol. The zero-order valence-electron chi connectivity index (χ0n) is 12.7. The van der Waals surface area contributed by atoms with Crippen LogP contribution >= 0.6 is 0 Å². The number of aromatic nitrogens is 3. The molecule has 4 rings (SSSR count). The van der Waals surface area contributed by atoms with Crippen molar-refractivity contribution < 1.29 is 0 Å². The summed E-state index contributed by atoms with van der Waals surface area (Å²) in [5, 5.41) is 0.623. The van der Waals surface area contributed by atoms with E-state index in [2.05, 4.69) is 4.98 Å². The Morgan fingerprint density at radius 3 is 2.00 bits per heavy atom. The molecule has 110 valence electrons. The molecule has 2 aromatic heterocycles. The predicted molar refractivity (Wildman–Crippen MR) is 94.8 cm³/mol. The van der Waals surface area contributed by atoms with Crippen LogP contribution in [0.2, 0.25) is 0 Å². The van der Waals surface area contributed by atoms with Crippen LogP contribution in [0.4, 0.5) is 0 Å². The maximum absolute atomic E-state index is 13.0. The molecule has 0 saturated carbocycles. The molecule has 2 heterocycles. The van der Waals surface area contributed by atoms with Gasteiger partial charge in [-0.1, -0.05) is 47.9 Å². The van der Waals surface area contributed by atoms with Crippen molar-refractivity contribution in [3.63, 3.8) is 0 Å². The largest absolute Gasteiger partial charge is 0.281 e. The van der Waals surface area contributed by atoms with Crippen molar-refractivity contribution in [2.75, 3.05) is 0 Å². The quantitative estimate of drug-likeness (QED) is 0.525. The minimum absolute atomic E-state index is 0.0637. The summed E-state index contributed by atoms with van der Waals surface area (Å²) >= 11 is 0. The molecule has 0 N–H and O–H groups in total. The van der Waals surface area contributed by atoms with Gasteiger partial charge in [0.25, 0.3) is 5.56 Å². The van der Waals surface area contributed by atoms with Gasteiger partial charge in [0.15, 0.2) is 5.65 Å². The smallest absolute Gasteiger partial charge is 0.267 e. The van der Waals surface area contributed by atoms with Crippen LogP contribution in [0.5, 0.6) is 0 Å². The standard InChI is InChI=1S/C18H14BN3O/c19-13-11-16-17(20-12-13)21(14-7-3-1-4-8-14)22(18(16)23)15-9-5-2-6-10-15/h1-12H,19H2. The van der Waals surface area contributed by atoms with Gasteiger partial charge in [0.1, 0.15) is 7.85 Å². The van der Waals surface area contributed by atoms with Crippen molar-refractivity contribution in [2.45, 2.75) is 0 Å². The van der Waals surface area contributed by atoms with Crippen molar-refractivity contribution in [2.24, 2.45) is 0 Å². The summed E-state index contributed by atoms with van der Waals surface area (Å²) in [6.45, 7) is 0. The van der Waals surface area contributed by atoms with E-state index in [1.54, 1.807) is 10.9 Å². The number of hydrogen-bond acceptors (Lipinski definition) is 2. The van der Waals surface area contributed by atoms with Crippen LogP contribution in [0, 0.1) is 0 Å². The maximum Gasteiger partial charge on any atom is 0.281 e. The highest BCUT2D eigenvalue weighted by Crippen LogP contribution is 2.17. The van der Waals surface area contributed by atoms with Gasteiger partial charge in [0.05, 0.1) is 16.8 Å². The fraction of sp³-hybridized carbons (Fsp3) is 0. The second kappa shape index (κ2) is 5.28. The van der Waals surface area contributed by atoms with Crippen LogP contribution in [0.1, 0.15) is 0 Å². The molecule has 0 saturated heterocycles. The zero-order chi connectivity index (χ0) is 15.8. The highest BCUT2D eigenvalue weighted by molar-refractivity contribution is 6.32. The SMILES string of the molecule is Bc1cnc2c(c1)c(=O)n(-c1ccccc1)n2-c1ccccc1. The highest BCUT2D eigenvalue weighted by Gasteiger charge is 2.16. The predicted octanol–water partition coefficient (Wildman–Crippen LogP) is 1.43. The van der Waals surface area contributed by atoms with E-state index < -0.39 is 0 Å². The lowest BCUT2D eigenvalue weighted by molar-refractivity contribution is 0.736. The van der Waals surface area contributed by atoms with Crippen molar-refractivity contribution in [1.82, 2.24) is 14.3 Å². The van der Waals surface area contributed by atoms with Crippen LogP contribution in [0.3, 0.4) is 0 Å². The van der Waals surface area contributed by atoms with E-state index in [0.717, 1.165) is 16.8 Å². The summed E-state index contributed by atoms with van der Waals surface area (Å²) in [6, 6.07) is 21.3. The third kappa shape index (κ3) is 2.17. The zero-order valence-corrected chi connectivity index (χ0v) is 12.7. The van der Waals surface area contributed by atoms with Gasteiger partial charge in [-0.15, -0.1) is 0 Å². The summed E-state index contributed by atoms with van der Waals surface area (Å²) in [7, 11) is 1.94. The van der Waals surface area contributed by atoms with E-state index in [1.165, 1.54) is 0 Å². The van der Waals surface area contributed by atoms with E-state index in [0.29, 0.717) is 11.0 Å². The number of rotatable bonds is 2. The molecule has 2 aromatic carbocycles. The van der Waals surface area contributed by atoms with Crippen molar-refractivity contribution in [3.05, 3.63) is 83.3 Å². The van der Waals surface area contributed by atoms with Crippen molar-refractivity contribution >= 4 is 24.3 Å². The van der Waals surface area contributed by atoms with Gasteiger partial charge in [0.2, 0.25) is 0 Å². The van der Waals surface area contributed by atoms with Gasteiger partial charge in [-0.25, -0.2) is 14.3 Å². The molecule has 0 amide bonds. The second-order valence-electron chi connectivity index (χ2n) is 5.48. The van der Waals surface area contributed by atoms with Crippen LogP contribution < -0.4 is 11.0 Å². The molecule has 0 aliphatic heterocycles. The van der Waals surface area contributed by atoms with E-state index in [9.17, 15) is 4.79 Å². The molecule has 0 aliphatic rings. The summed E-state index contributed by atoms with van der Waals surface area (Å²) in [5.74, 6) is 0. The minimum atomic E-state index is -0.0637. The Morgan fingerprint density at radius 2 is 1.39 bits per heavy atom. The number of pyridine rings is 1. The first kappa shape index (κ1) is 13.6. The molecule has 0 radical (unpaired) electrons. The first-order chi connectivity index (χ1) is 11.3. The van der Waals surface area contributed by atoms with Crippen LogP contribution in [0.15, 0.2) is 77.7 Å². The van der Waals surface area contributed by atoms with E-state index >= 15 is 0 Å². The Hall–Kier alpha value is -3.08. The normalized spacial score (nSPS) is 11.0.